The van der Waals surface area contributed by atoms with E-state index in [9.17, 15) is 4.79 Å². The summed E-state index contributed by atoms with van der Waals surface area (Å²) in [6.45, 7) is 5.94. The average molecular weight is 237 g/mol. The fourth-order valence-corrected chi connectivity index (χ4v) is 1.95. The van der Waals surface area contributed by atoms with E-state index in [1.54, 1.807) is 4.90 Å². The quantitative estimate of drug-likeness (QED) is 0.743. The Labute approximate surface area is 97.4 Å². The zero-order valence-electron chi connectivity index (χ0n) is 9.45. The Morgan fingerprint density at radius 2 is 2.27 bits per heavy atom. The Bertz CT molecular complexity index is 206. The van der Waals surface area contributed by atoms with Crippen molar-refractivity contribution >= 4 is 18.3 Å². The largest absolute Gasteiger partial charge is 0.395 e. The number of hydrogen-bond acceptors (Lipinski definition) is 3. The van der Waals surface area contributed by atoms with E-state index < -0.39 is 5.54 Å². The molecule has 0 aromatic heterocycles. The molecule has 0 radical (unpaired) electrons. The Balaban J connectivity index is 0.00000196. The maximum Gasteiger partial charge on any atom is 0.242 e. The molecule has 1 unspecified atom stereocenters. The van der Waals surface area contributed by atoms with Crippen LogP contribution in [0.5, 0.6) is 0 Å². The fraction of sp³-hybridized carbons (Fsp3) is 0.900. The predicted molar refractivity (Wildman–Crippen MR) is 62.2 cm³/mol. The molecule has 1 amide bonds. The SMILES string of the molecule is CCN(CCO)C(=O)C1(C)CCCN1.Cl. The third-order valence-electron chi connectivity index (χ3n) is 2.88. The van der Waals surface area contributed by atoms with Gasteiger partial charge in [0, 0.05) is 13.1 Å². The van der Waals surface area contributed by atoms with Crippen molar-refractivity contribution in [2.24, 2.45) is 0 Å². The lowest BCUT2D eigenvalue weighted by molar-refractivity contribution is -0.137. The van der Waals surface area contributed by atoms with E-state index in [1.807, 2.05) is 13.8 Å². The van der Waals surface area contributed by atoms with Crippen LogP contribution in [-0.2, 0) is 4.79 Å². The Kier molecular flexibility index (Phi) is 6.17. The number of carbonyl (C=O) groups excluding carboxylic acids is 1. The van der Waals surface area contributed by atoms with Gasteiger partial charge < -0.3 is 15.3 Å². The van der Waals surface area contributed by atoms with Gasteiger partial charge in [-0.05, 0) is 33.2 Å². The number of aliphatic hydroxyl groups is 1. The third kappa shape index (κ3) is 3.33. The number of likely N-dealkylation sites (N-methyl/N-ethyl adjacent to an activating group) is 1. The second-order valence-corrected chi connectivity index (χ2v) is 3.97. The maximum atomic E-state index is 12.0. The second-order valence-electron chi connectivity index (χ2n) is 3.97. The zero-order valence-corrected chi connectivity index (χ0v) is 10.3. The van der Waals surface area contributed by atoms with Gasteiger partial charge in [0.2, 0.25) is 5.91 Å². The standard InChI is InChI=1S/C10H20N2O2.ClH/c1-3-12(7-8-13)9(14)10(2)5-4-6-11-10;/h11,13H,3-8H2,1-2H3;1H. The highest BCUT2D eigenvalue weighted by molar-refractivity contribution is 5.86. The molecule has 1 aliphatic heterocycles. The van der Waals surface area contributed by atoms with Crippen LogP contribution in [0.4, 0.5) is 0 Å². The molecule has 90 valence electrons. The van der Waals surface area contributed by atoms with Crippen LogP contribution in [-0.4, -0.2) is 47.7 Å². The molecule has 1 atom stereocenters. The molecule has 1 rings (SSSR count). The summed E-state index contributed by atoms with van der Waals surface area (Å²) in [5.41, 5.74) is -0.398. The van der Waals surface area contributed by atoms with Crippen LogP contribution in [0.2, 0.25) is 0 Å². The van der Waals surface area contributed by atoms with E-state index in [4.69, 9.17) is 5.11 Å². The average Bonchev–Trinajstić information content (AvgIpc) is 2.62. The third-order valence-corrected chi connectivity index (χ3v) is 2.88. The lowest BCUT2D eigenvalue weighted by Crippen LogP contribution is -2.53. The van der Waals surface area contributed by atoms with Gasteiger partial charge in [-0.2, -0.15) is 0 Å². The van der Waals surface area contributed by atoms with Crippen LogP contribution in [0.25, 0.3) is 0 Å². The molecule has 0 aromatic carbocycles. The highest BCUT2D eigenvalue weighted by atomic mass is 35.5. The second kappa shape index (κ2) is 6.30. The smallest absolute Gasteiger partial charge is 0.242 e. The summed E-state index contributed by atoms with van der Waals surface area (Å²) >= 11 is 0. The summed E-state index contributed by atoms with van der Waals surface area (Å²) in [5.74, 6) is 0.117. The molecular formula is C10H21ClN2O2. The Hall–Kier alpha value is -0.320. The minimum absolute atomic E-state index is 0. The van der Waals surface area contributed by atoms with Crippen molar-refractivity contribution in [2.45, 2.75) is 32.2 Å². The van der Waals surface area contributed by atoms with E-state index in [2.05, 4.69) is 5.32 Å². The lowest BCUT2D eigenvalue weighted by atomic mass is 9.98. The van der Waals surface area contributed by atoms with Crippen molar-refractivity contribution in [3.05, 3.63) is 0 Å². The number of nitrogens with one attached hydrogen (secondary N) is 1. The van der Waals surface area contributed by atoms with Crippen molar-refractivity contribution < 1.29 is 9.90 Å². The van der Waals surface area contributed by atoms with Gasteiger partial charge in [0.25, 0.3) is 0 Å². The summed E-state index contributed by atoms with van der Waals surface area (Å²) in [7, 11) is 0. The number of aliphatic hydroxyl groups excluding tert-OH is 1. The first-order chi connectivity index (χ1) is 6.64. The van der Waals surface area contributed by atoms with Gasteiger partial charge in [0.05, 0.1) is 12.1 Å². The summed E-state index contributed by atoms with van der Waals surface area (Å²) in [6.07, 6.45) is 1.95. The topological polar surface area (TPSA) is 52.6 Å². The molecule has 0 aromatic rings. The van der Waals surface area contributed by atoms with Crippen molar-refractivity contribution in [1.29, 1.82) is 0 Å². The molecule has 1 heterocycles. The number of halogens is 1. The molecule has 1 saturated heterocycles. The van der Waals surface area contributed by atoms with Crippen molar-refractivity contribution in [3.8, 4) is 0 Å². The molecule has 5 heteroatoms. The molecule has 2 N–H and O–H groups in total. The highest BCUT2D eigenvalue weighted by Crippen LogP contribution is 2.20. The van der Waals surface area contributed by atoms with Gasteiger partial charge >= 0.3 is 0 Å². The number of carbonyl (C=O) groups is 1. The summed E-state index contributed by atoms with van der Waals surface area (Å²) in [4.78, 5) is 13.7. The van der Waals surface area contributed by atoms with E-state index in [-0.39, 0.29) is 24.9 Å². The molecular weight excluding hydrogens is 216 g/mol. The van der Waals surface area contributed by atoms with Crippen LogP contribution in [0, 0.1) is 0 Å². The van der Waals surface area contributed by atoms with E-state index in [0.717, 1.165) is 19.4 Å². The van der Waals surface area contributed by atoms with Crippen LogP contribution >= 0.6 is 12.4 Å². The number of nitrogens with zero attached hydrogens (tertiary/aromatic N) is 1. The van der Waals surface area contributed by atoms with Gasteiger partial charge in [-0.15, -0.1) is 12.4 Å². The fourth-order valence-electron chi connectivity index (χ4n) is 1.95. The van der Waals surface area contributed by atoms with Crippen molar-refractivity contribution in [2.75, 3.05) is 26.2 Å². The number of rotatable bonds is 4. The first-order valence-corrected chi connectivity index (χ1v) is 5.29. The van der Waals surface area contributed by atoms with Crippen LogP contribution < -0.4 is 5.32 Å². The molecule has 4 nitrogen and oxygen atoms in total. The normalized spacial score (nSPS) is 24.7. The first-order valence-electron chi connectivity index (χ1n) is 5.29. The molecule has 15 heavy (non-hydrogen) atoms. The van der Waals surface area contributed by atoms with Crippen LogP contribution in [0.1, 0.15) is 26.7 Å². The van der Waals surface area contributed by atoms with E-state index in [0.29, 0.717) is 13.1 Å². The van der Waals surface area contributed by atoms with Gasteiger partial charge in [0.15, 0.2) is 0 Å². The first kappa shape index (κ1) is 14.7. The summed E-state index contributed by atoms with van der Waals surface area (Å²) < 4.78 is 0. The minimum Gasteiger partial charge on any atom is -0.395 e. The summed E-state index contributed by atoms with van der Waals surface area (Å²) in [5, 5.41) is 12.1. The summed E-state index contributed by atoms with van der Waals surface area (Å²) in [6, 6.07) is 0. The van der Waals surface area contributed by atoms with Gasteiger partial charge in [0.1, 0.15) is 0 Å². The van der Waals surface area contributed by atoms with Crippen molar-refractivity contribution in [1.82, 2.24) is 10.2 Å². The molecule has 1 aliphatic rings. The predicted octanol–water partition coefficient (Wildman–Crippen LogP) is 0.391. The van der Waals surface area contributed by atoms with Crippen LogP contribution in [0.3, 0.4) is 0 Å². The van der Waals surface area contributed by atoms with Gasteiger partial charge in [-0.25, -0.2) is 0 Å². The van der Waals surface area contributed by atoms with Gasteiger partial charge in [-0.3, -0.25) is 4.79 Å². The highest BCUT2D eigenvalue weighted by Gasteiger charge is 2.38. The number of hydrogen-bond donors (Lipinski definition) is 2. The van der Waals surface area contributed by atoms with Crippen LogP contribution in [0.15, 0.2) is 0 Å². The molecule has 0 saturated carbocycles. The Morgan fingerprint density at radius 1 is 1.60 bits per heavy atom. The monoisotopic (exact) mass is 236 g/mol. The van der Waals surface area contributed by atoms with E-state index >= 15 is 0 Å². The maximum absolute atomic E-state index is 12.0. The van der Waals surface area contributed by atoms with Crippen molar-refractivity contribution in [3.63, 3.8) is 0 Å². The molecule has 1 fully saturated rings. The Morgan fingerprint density at radius 3 is 2.67 bits per heavy atom. The number of amides is 1. The minimum atomic E-state index is -0.398. The molecule has 0 bridgehead atoms. The van der Waals surface area contributed by atoms with E-state index in [1.165, 1.54) is 0 Å². The molecule has 0 spiro atoms. The lowest BCUT2D eigenvalue weighted by Gasteiger charge is -2.30. The van der Waals surface area contributed by atoms with Gasteiger partial charge in [-0.1, -0.05) is 0 Å². The zero-order chi connectivity index (χ0) is 10.6. The molecule has 0 aliphatic carbocycles.